The average Bonchev–Trinajstić information content (AvgIpc) is 2.88. The van der Waals surface area contributed by atoms with Crippen molar-refractivity contribution in [3.8, 4) is 0 Å². The Bertz CT molecular complexity index is 704. The number of carbonyl (C=O) groups is 1. The van der Waals surface area contributed by atoms with E-state index in [0.717, 1.165) is 37.9 Å². The van der Waals surface area contributed by atoms with Gasteiger partial charge < -0.3 is 38.5 Å². The second-order valence-corrected chi connectivity index (χ2v) is 10.4. The Balaban J connectivity index is 1.26. The smallest absolute Gasteiger partial charge is 0.407 e. The molecular formula is C29H49NO8. The average molecular weight is 540 g/mol. The van der Waals surface area contributed by atoms with Crippen molar-refractivity contribution in [1.29, 1.82) is 0 Å². The maximum atomic E-state index is 11.9. The number of rotatable bonds is 20. The van der Waals surface area contributed by atoms with E-state index in [1.54, 1.807) is 0 Å². The first-order chi connectivity index (χ1) is 18.4. The van der Waals surface area contributed by atoms with E-state index >= 15 is 0 Å². The Labute approximate surface area is 228 Å². The molecule has 9 heteroatoms. The number of alkyl carbamates (subject to hydrolysis) is 1. The molecule has 1 aromatic carbocycles. The van der Waals surface area contributed by atoms with Gasteiger partial charge in [0, 0.05) is 12.6 Å². The normalized spacial score (nSPS) is 17.9. The molecule has 0 heterocycles. The lowest BCUT2D eigenvalue weighted by Crippen LogP contribution is -2.41. The van der Waals surface area contributed by atoms with Gasteiger partial charge in [0.1, 0.15) is 5.60 Å². The summed E-state index contributed by atoms with van der Waals surface area (Å²) in [5.41, 5.74) is 0.698. The van der Waals surface area contributed by atoms with Crippen molar-refractivity contribution in [3.63, 3.8) is 0 Å². The lowest BCUT2D eigenvalue weighted by Gasteiger charge is -2.30. The van der Waals surface area contributed by atoms with Crippen LogP contribution in [0, 0.1) is 5.92 Å². The molecule has 0 aliphatic heterocycles. The number of ether oxygens (including phenoxy) is 7. The summed E-state index contributed by atoms with van der Waals surface area (Å²) in [5, 5.41) is 2.97. The SMILES string of the molecule is CC(C)(C)OC(=O)NC1CCC(COCCOCCOCCOCCOCCOCc2ccccc2)CC1. The molecule has 0 atom stereocenters. The molecule has 0 spiro atoms. The van der Waals surface area contributed by atoms with Crippen LogP contribution in [0.25, 0.3) is 0 Å². The van der Waals surface area contributed by atoms with Gasteiger partial charge in [0.15, 0.2) is 0 Å². The first kappa shape index (κ1) is 32.5. The maximum absolute atomic E-state index is 11.9. The molecule has 38 heavy (non-hydrogen) atoms. The topological polar surface area (TPSA) is 93.7 Å². The molecule has 1 aliphatic rings. The minimum absolute atomic E-state index is 0.193. The molecule has 1 aromatic rings. The summed E-state index contributed by atoms with van der Waals surface area (Å²) in [6.07, 6.45) is 3.69. The molecule has 1 fully saturated rings. The molecule has 218 valence electrons. The van der Waals surface area contributed by atoms with Crippen LogP contribution in [0.5, 0.6) is 0 Å². The highest BCUT2D eigenvalue weighted by Gasteiger charge is 2.24. The predicted molar refractivity (Wildman–Crippen MR) is 145 cm³/mol. The minimum atomic E-state index is -0.465. The van der Waals surface area contributed by atoms with Gasteiger partial charge in [0.25, 0.3) is 0 Å². The van der Waals surface area contributed by atoms with Crippen LogP contribution in [-0.4, -0.2) is 90.4 Å². The van der Waals surface area contributed by atoms with Crippen molar-refractivity contribution in [2.24, 2.45) is 5.92 Å². The Morgan fingerprint density at radius 1 is 0.711 bits per heavy atom. The fourth-order valence-corrected chi connectivity index (χ4v) is 3.96. The number of nitrogens with one attached hydrogen (secondary N) is 1. The molecule has 0 aromatic heterocycles. The Hall–Kier alpha value is -1.75. The van der Waals surface area contributed by atoms with Crippen LogP contribution < -0.4 is 5.32 Å². The molecule has 0 saturated heterocycles. The van der Waals surface area contributed by atoms with Gasteiger partial charge in [-0.1, -0.05) is 30.3 Å². The lowest BCUT2D eigenvalue weighted by atomic mass is 9.86. The van der Waals surface area contributed by atoms with E-state index in [-0.39, 0.29) is 12.1 Å². The van der Waals surface area contributed by atoms with Crippen LogP contribution in [0.2, 0.25) is 0 Å². The molecule has 0 bridgehead atoms. The number of hydrogen-bond acceptors (Lipinski definition) is 8. The predicted octanol–water partition coefficient (Wildman–Crippen LogP) is 4.37. The second kappa shape index (κ2) is 20.2. The quantitative estimate of drug-likeness (QED) is 0.244. The first-order valence-corrected chi connectivity index (χ1v) is 13.9. The van der Waals surface area contributed by atoms with Crippen LogP contribution in [0.1, 0.15) is 52.0 Å². The standard InChI is InChI=1S/C29H49NO8/c1-29(2,3)38-28(31)30-27-11-9-26(10-12-27)24-37-22-20-35-18-16-33-14-13-32-15-17-34-19-21-36-23-25-7-5-4-6-8-25/h4-8,26-27H,9-24H2,1-3H3,(H,30,31). The Kier molecular flexibility index (Phi) is 17.3. The molecule has 1 N–H and O–H groups in total. The lowest BCUT2D eigenvalue weighted by molar-refractivity contribution is -0.0201. The highest BCUT2D eigenvalue weighted by Crippen LogP contribution is 2.24. The summed E-state index contributed by atoms with van der Waals surface area (Å²) in [4.78, 5) is 11.9. The van der Waals surface area contributed by atoms with Gasteiger partial charge in [-0.05, 0) is 57.9 Å². The van der Waals surface area contributed by atoms with Gasteiger partial charge in [0.2, 0.25) is 0 Å². The van der Waals surface area contributed by atoms with Crippen LogP contribution in [0.15, 0.2) is 30.3 Å². The molecule has 1 saturated carbocycles. The maximum Gasteiger partial charge on any atom is 0.407 e. The molecule has 1 amide bonds. The van der Waals surface area contributed by atoms with Crippen LogP contribution in [0.4, 0.5) is 4.79 Å². The first-order valence-electron chi connectivity index (χ1n) is 13.9. The number of amides is 1. The van der Waals surface area contributed by atoms with Gasteiger partial charge in [-0.25, -0.2) is 4.79 Å². The van der Waals surface area contributed by atoms with Crippen molar-refractivity contribution in [3.05, 3.63) is 35.9 Å². The molecule has 9 nitrogen and oxygen atoms in total. The molecule has 0 unspecified atom stereocenters. The fraction of sp³-hybridized carbons (Fsp3) is 0.759. The van der Waals surface area contributed by atoms with Crippen LogP contribution in [-0.2, 0) is 39.8 Å². The second-order valence-electron chi connectivity index (χ2n) is 10.4. The minimum Gasteiger partial charge on any atom is -0.444 e. The molecule has 0 radical (unpaired) electrons. The summed E-state index contributed by atoms with van der Waals surface area (Å²) in [7, 11) is 0. The van der Waals surface area contributed by atoms with E-state index in [9.17, 15) is 4.79 Å². The van der Waals surface area contributed by atoms with Gasteiger partial charge in [-0.3, -0.25) is 0 Å². The van der Waals surface area contributed by atoms with Gasteiger partial charge >= 0.3 is 6.09 Å². The third-order valence-electron chi connectivity index (χ3n) is 5.89. The van der Waals surface area contributed by atoms with Crippen LogP contribution in [0.3, 0.4) is 0 Å². The number of benzene rings is 1. The monoisotopic (exact) mass is 539 g/mol. The van der Waals surface area contributed by atoms with E-state index in [2.05, 4.69) is 5.32 Å². The zero-order valence-electron chi connectivity index (χ0n) is 23.6. The zero-order valence-corrected chi connectivity index (χ0v) is 23.6. The van der Waals surface area contributed by atoms with Crippen LogP contribution >= 0.6 is 0 Å². The van der Waals surface area contributed by atoms with Crippen molar-refractivity contribution < 1.29 is 38.0 Å². The van der Waals surface area contributed by atoms with Crippen molar-refractivity contribution in [1.82, 2.24) is 5.32 Å². The Morgan fingerprint density at radius 3 is 1.68 bits per heavy atom. The third-order valence-corrected chi connectivity index (χ3v) is 5.89. The van der Waals surface area contributed by atoms with E-state index in [0.29, 0.717) is 78.6 Å². The summed E-state index contributed by atoms with van der Waals surface area (Å²) in [6, 6.07) is 10.3. The fourth-order valence-electron chi connectivity index (χ4n) is 3.96. The molecule has 2 rings (SSSR count). The summed E-state index contributed by atoms with van der Waals surface area (Å²) < 4.78 is 38.7. The number of hydrogen-bond donors (Lipinski definition) is 1. The van der Waals surface area contributed by atoms with E-state index < -0.39 is 5.60 Å². The van der Waals surface area contributed by atoms with Crippen molar-refractivity contribution in [2.45, 2.75) is 64.7 Å². The van der Waals surface area contributed by atoms with Crippen molar-refractivity contribution in [2.75, 3.05) is 72.7 Å². The molecule has 1 aliphatic carbocycles. The third kappa shape index (κ3) is 17.7. The van der Waals surface area contributed by atoms with Gasteiger partial charge in [0.05, 0.1) is 72.7 Å². The van der Waals surface area contributed by atoms with Gasteiger partial charge in [-0.15, -0.1) is 0 Å². The van der Waals surface area contributed by atoms with E-state index in [1.165, 1.54) is 0 Å². The summed E-state index contributed by atoms with van der Waals surface area (Å²) in [5.74, 6) is 0.536. The number of carbonyl (C=O) groups excluding carboxylic acids is 1. The zero-order chi connectivity index (χ0) is 27.3. The van der Waals surface area contributed by atoms with E-state index in [1.807, 2.05) is 51.1 Å². The van der Waals surface area contributed by atoms with E-state index in [4.69, 9.17) is 33.2 Å². The molecular weight excluding hydrogens is 490 g/mol. The summed E-state index contributed by atoms with van der Waals surface area (Å²) >= 11 is 0. The highest BCUT2D eigenvalue weighted by atomic mass is 16.6. The van der Waals surface area contributed by atoms with Crippen molar-refractivity contribution >= 4 is 6.09 Å². The van der Waals surface area contributed by atoms with Gasteiger partial charge in [-0.2, -0.15) is 0 Å². The summed E-state index contributed by atoms with van der Waals surface area (Å²) in [6.45, 7) is 12.5. The largest absolute Gasteiger partial charge is 0.444 e. The Morgan fingerprint density at radius 2 is 1.18 bits per heavy atom. The highest BCUT2D eigenvalue weighted by molar-refractivity contribution is 5.68.